The normalized spacial score (nSPS) is 49.3. The first kappa shape index (κ1) is 51.5. The molecule has 8 aliphatic rings. The Labute approximate surface area is 395 Å². The number of aliphatic hydroxyl groups excluding tert-OH is 5. The number of hydrogen-bond acceptors (Lipinski definition) is 17. The second kappa shape index (κ2) is 17.7. The number of allylic oxidation sites excluding steroid dienone is 2. The van der Waals surface area contributed by atoms with Crippen LogP contribution in [-0.2, 0) is 57.1 Å². The van der Waals surface area contributed by atoms with E-state index in [-0.39, 0.29) is 39.4 Å². The number of carbonyl (C=O) groups excluding carboxylic acids is 1. The van der Waals surface area contributed by atoms with Crippen molar-refractivity contribution in [1.29, 1.82) is 0 Å². The molecule has 0 aromatic rings. The molecule has 0 amide bonds. The van der Waals surface area contributed by atoms with Crippen LogP contribution in [0.3, 0.4) is 0 Å². The van der Waals surface area contributed by atoms with E-state index in [9.17, 15) is 60.0 Å². The number of methoxy groups -OCH3 is 1. The monoisotopic (exact) mass is 968 g/mol. The summed E-state index contributed by atoms with van der Waals surface area (Å²) in [7, 11) is 0.945. The van der Waals surface area contributed by atoms with Gasteiger partial charge in [-0.05, 0) is 109 Å². The van der Waals surface area contributed by atoms with Gasteiger partial charge < -0.3 is 78.7 Å². The number of rotatable bonds is 11. The maximum absolute atomic E-state index is 14.7. The van der Waals surface area contributed by atoms with Crippen LogP contribution in [0.5, 0.6) is 0 Å². The Balaban J connectivity index is 1.04. The molecular weight excluding hydrogens is 897 g/mol. The Kier molecular flexibility index (Phi) is 13.4. The van der Waals surface area contributed by atoms with Crippen LogP contribution < -0.4 is 0 Å². The van der Waals surface area contributed by atoms with Gasteiger partial charge >= 0.3 is 29.7 Å². The van der Waals surface area contributed by atoms with E-state index in [2.05, 4.69) is 54.5 Å². The van der Waals surface area contributed by atoms with Crippen molar-refractivity contribution in [3.05, 3.63) is 11.6 Å². The summed E-state index contributed by atoms with van der Waals surface area (Å²) in [5, 5.41) is 83.0. The molecule has 0 spiro atoms. The maximum Gasteiger partial charge on any atom is 0.370 e. The van der Waals surface area contributed by atoms with Crippen molar-refractivity contribution in [3.8, 4) is 0 Å². The summed E-state index contributed by atoms with van der Waals surface area (Å²) in [6, 6.07) is 0. The second-order valence-electron chi connectivity index (χ2n) is 23.1. The Morgan fingerprint density at radius 1 is 0.765 bits per heavy atom. The SMILES string of the molecule is CO[C@@]1(C(=O)O)O[C@H]2[C@H](O[C@@H]1OCC(=O)O)[C@@H](O)[C@H](O[C@H]1CC[C@@]3(C)C(CC[C@]4(C)[C@@H]3CC=C3[C@@H]5CC(C)(C)CC[C@]5(C(=O)O[C@@H]5O[C@H](CO)[C@@H](O)[C@H](O)[C@H]5O)CC[C@]34C)C1(C)C)O[C@@H]2C(=O)O. The summed E-state index contributed by atoms with van der Waals surface area (Å²) in [5.74, 6) is -7.96. The molecule has 68 heavy (non-hydrogen) atoms. The van der Waals surface area contributed by atoms with Crippen LogP contribution >= 0.6 is 0 Å². The van der Waals surface area contributed by atoms with Crippen LogP contribution in [0, 0.1) is 50.2 Å². The predicted octanol–water partition coefficient (Wildman–Crippen LogP) is 2.33. The van der Waals surface area contributed by atoms with Gasteiger partial charge in [-0.15, -0.1) is 0 Å². The molecule has 8 rings (SSSR count). The highest BCUT2D eigenvalue weighted by Gasteiger charge is 2.71. The molecule has 5 aliphatic carbocycles. The highest BCUT2D eigenvalue weighted by molar-refractivity contribution is 5.79. The van der Waals surface area contributed by atoms with E-state index in [0.29, 0.717) is 25.7 Å². The number of aliphatic hydroxyl groups is 5. The van der Waals surface area contributed by atoms with Gasteiger partial charge in [-0.25, -0.2) is 14.4 Å². The smallest absolute Gasteiger partial charge is 0.370 e. The van der Waals surface area contributed by atoms with Crippen LogP contribution in [0.15, 0.2) is 11.6 Å². The molecule has 7 fully saturated rings. The lowest BCUT2D eigenvalue weighted by molar-refractivity contribution is -0.438. The molecule has 3 saturated heterocycles. The minimum Gasteiger partial charge on any atom is -0.480 e. The van der Waals surface area contributed by atoms with Gasteiger partial charge in [0.25, 0.3) is 0 Å². The van der Waals surface area contributed by atoms with Gasteiger partial charge in [0, 0.05) is 7.11 Å². The van der Waals surface area contributed by atoms with Crippen molar-refractivity contribution in [2.45, 2.75) is 192 Å². The van der Waals surface area contributed by atoms with Crippen molar-refractivity contribution in [3.63, 3.8) is 0 Å². The van der Waals surface area contributed by atoms with E-state index in [1.165, 1.54) is 5.57 Å². The number of carboxylic acids is 3. The molecule has 0 aromatic heterocycles. The third kappa shape index (κ3) is 7.77. The van der Waals surface area contributed by atoms with E-state index in [1.807, 2.05) is 0 Å². The molecule has 20 atom stereocenters. The number of fused-ring (bicyclic) bond motifs is 8. The number of carboxylic acid groups (broad SMARTS) is 3. The first-order chi connectivity index (χ1) is 31.7. The average Bonchev–Trinajstić information content (AvgIpc) is 3.27. The van der Waals surface area contributed by atoms with Gasteiger partial charge in [0.1, 0.15) is 49.3 Å². The summed E-state index contributed by atoms with van der Waals surface area (Å²) in [6.45, 7) is 14.2. The summed E-state index contributed by atoms with van der Waals surface area (Å²) in [6.07, 6.45) is -9.44. The van der Waals surface area contributed by atoms with Gasteiger partial charge in [-0.1, -0.05) is 60.1 Å². The third-order valence-electron chi connectivity index (χ3n) is 19.0. The van der Waals surface area contributed by atoms with Gasteiger partial charge in [0.05, 0.1) is 18.1 Å². The Morgan fingerprint density at radius 3 is 2.09 bits per heavy atom. The number of esters is 1. The zero-order chi connectivity index (χ0) is 49.9. The Bertz CT molecular complexity index is 2010. The molecule has 0 bridgehead atoms. The fraction of sp³-hybridized carbons (Fsp3) is 0.875. The summed E-state index contributed by atoms with van der Waals surface area (Å²) < 4.78 is 46.1. The number of carbonyl (C=O) groups is 4. The largest absolute Gasteiger partial charge is 0.480 e. The first-order valence-electron chi connectivity index (χ1n) is 24.1. The third-order valence-corrected chi connectivity index (χ3v) is 19.0. The lowest BCUT2D eigenvalue weighted by Crippen LogP contribution is -2.73. The molecule has 4 saturated carbocycles. The lowest BCUT2D eigenvalue weighted by atomic mass is 9.33. The fourth-order valence-corrected chi connectivity index (χ4v) is 15.0. The highest BCUT2D eigenvalue weighted by atomic mass is 16.8. The quantitative estimate of drug-likeness (QED) is 0.0837. The minimum absolute atomic E-state index is 0.0829. The molecule has 1 unspecified atom stereocenters. The first-order valence-corrected chi connectivity index (χ1v) is 24.1. The van der Waals surface area contributed by atoms with Gasteiger partial charge in [0.15, 0.2) is 12.4 Å². The molecule has 8 N–H and O–H groups in total. The van der Waals surface area contributed by atoms with Crippen molar-refractivity contribution < 1.29 is 97.9 Å². The van der Waals surface area contributed by atoms with Crippen molar-refractivity contribution >= 4 is 23.9 Å². The molecule has 3 aliphatic heterocycles. The van der Waals surface area contributed by atoms with E-state index >= 15 is 0 Å². The molecule has 20 nitrogen and oxygen atoms in total. The summed E-state index contributed by atoms with van der Waals surface area (Å²) in [5.41, 5.74) is -1.00. The minimum atomic E-state index is -2.80. The maximum atomic E-state index is 14.7. The van der Waals surface area contributed by atoms with Gasteiger partial charge in [-0.3, -0.25) is 4.79 Å². The Hall–Kier alpha value is -2.86. The van der Waals surface area contributed by atoms with E-state index in [1.54, 1.807) is 0 Å². The average molecular weight is 969 g/mol. The number of hydrogen-bond donors (Lipinski definition) is 8. The van der Waals surface area contributed by atoms with Gasteiger partial charge in [0.2, 0.25) is 12.6 Å². The van der Waals surface area contributed by atoms with E-state index < -0.39 is 128 Å². The molecule has 0 radical (unpaired) electrons. The number of ether oxygens (including phenoxy) is 8. The van der Waals surface area contributed by atoms with Crippen LogP contribution in [0.1, 0.15) is 113 Å². The van der Waals surface area contributed by atoms with E-state index in [0.717, 1.165) is 45.6 Å². The molecular formula is C48H72O20. The van der Waals surface area contributed by atoms with Crippen LogP contribution in [-0.4, -0.2) is 165 Å². The van der Waals surface area contributed by atoms with Crippen LogP contribution in [0.2, 0.25) is 0 Å². The highest BCUT2D eigenvalue weighted by Crippen LogP contribution is 2.76. The van der Waals surface area contributed by atoms with Crippen molar-refractivity contribution in [1.82, 2.24) is 0 Å². The zero-order valence-electron chi connectivity index (χ0n) is 40.2. The number of aliphatic carboxylic acids is 3. The van der Waals surface area contributed by atoms with Crippen molar-refractivity contribution in [2.24, 2.45) is 50.2 Å². The standard InChI is InChI=1S/C48H72O20/c1-42(2)15-17-47(40(60)67-37-31(54)30(53)29(52)24(20-49)63-37)18-16-45(6)22(23(47)19-42)9-10-26-44(5)13-12-27(43(3,4)25(44)11-14-46(26,45)7)64-38-32(55)33-34(35(65-38)36(56)57)68-48(61-8,39(58)59)41(66-33)62-21-28(50)51/h9,23-27,29-35,37-38,41,49,52-55H,10-21H2,1-8H3,(H,50,51)(H,56,57)(H,58,59)/t23-,24+,25?,26+,27-,29+,30-,31+,32+,33+,34-,35-,37-,38+,41-,44-,45+,46+,47-,48-/m0/s1. The summed E-state index contributed by atoms with van der Waals surface area (Å²) in [4.78, 5) is 51.3. The predicted molar refractivity (Wildman–Crippen MR) is 231 cm³/mol. The zero-order valence-corrected chi connectivity index (χ0v) is 40.2. The van der Waals surface area contributed by atoms with E-state index in [4.69, 9.17) is 37.9 Å². The van der Waals surface area contributed by atoms with Crippen LogP contribution in [0.4, 0.5) is 0 Å². The topological polar surface area (TPSA) is 304 Å². The molecule has 20 heteroatoms. The fourth-order valence-electron chi connectivity index (χ4n) is 15.0. The Morgan fingerprint density at radius 2 is 1.46 bits per heavy atom. The van der Waals surface area contributed by atoms with Gasteiger partial charge in [-0.2, -0.15) is 0 Å². The molecule has 384 valence electrons. The summed E-state index contributed by atoms with van der Waals surface area (Å²) >= 11 is 0. The lowest BCUT2D eigenvalue weighted by Gasteiger charge is -2.71. The second-order valence-corrected chi connectivity index (χ2v) is 23.1. The van der Waals surface area contributed by atoms with Crippen molar-refractivity contribution in [2.75, 3.05) is 20.3 Å². The molecule has 0 aromatic carbocycles. The van der Waals surface area contributed by atoms with Crippen LogP contribution in [0.25, 0.3) is 0 Å². The molecule has 3 heterocycles.